The SMILES string of the molecule is CNS(=O)(=O)c1ccccc1S(=O)(=O)c1ccc(CNC(=O)c2cc3ccncc3o2)cc1. The molecule has 0 unspecified atom stereocenters. The number of carbonyl (C=O) groups is 1. The molecule has 0 saturated carbocycles. The molecule has 2 N–H and O–H groups in total. The molecule has 0 bridgehead atoms. The van der Waals surface area contributed by atoms with E-state index in [1.54, 1.807) is 30.5 Å². The molecule has 0 aliphatic carbocycles. The molecule has 2 heterocycles. The first-order valence-electron chi connectivity index (χ1n) is 9.71. The Hall–Kier alpha value is -3.54. The van der Waals surface area contributed by atoms with Gasteiger partial charge in [-0.3, -0.25) is 9.78 Å². The second kappa shape index (κ2) is 8.77. The Morgan fingerprint density at radius 2 is 1.67 bits per heavy atom. The van der Waals surface area contributed by atoms with Crippen LogP contribution in [-0.4, -0.2) is 34.8 Å². The van der Waals surface area contributed by atoms with Gasteiger partial charge in [-0.1, -0.05) is 24.3 Å². The molecule has 0 aliphatic rings. The van der Waals surface area contributed by atoms with Crippen molar-refractivity contribution in [2.45, 2.75) is 21.2 Å². The van der Waals surface area contributed by atoms with Gasteiger partial charge in [0.1, 0.15) is 4.90 Å². The van der Waals surface area contributed by atoms with Gasteiger partial charge in [0.15, 0.2) is 11.3 Å². The first kappa shape index (κ1) is 22.6. The standard InChI is InChI=1S/C22H19N3O6S2/c1-23-33(29,30)21-5-3-2-4-20(21)32(27,28)17-8-6-15(7-9-17)13-25-22(26)18-12-16-10-11-24-14-19(16)31-18/h2-12,14,23H,13H2,1H3,(H,25,26). The van der Waals surface area contributed by atoms with Crippen molar-refractivity contribution in [1.82, 2.24) is 15.0 Å². The highest BCUT2D eigenvalue weighted by atomic mass is 32.2. The summed E-state index contributed by atoms with van der Waals surface area (Å²) in [5, 5.41) is 3.47. The van der Waals surface area contributed by atoms with Gasteiger partial charge in [-0.2, -0.15) is 0 Å². The highest BCUT2D eigenvalue weighted by Crippen LogP contribution is 2.27. The van der Waals surface area contributed by atoms with Gasteiger partial charge in [0, 0.05) is 18.1 Å². The van der Waals surface area contributed by atoms with Crippen LogP contribution in [0.1, 0.15) is 16.1 Å². The quantitative estimate of drug-likeness (QED) is 0.410. The van der Waals surface area contributed by atoms with Gasteiger partial charge in [0.25, 0.3) is 5.91 Å². The number of aromatic nitrogens is 1. The van der Waals surface area contributed by atoms with Crippen molar-refractivity contribution in [3.63, 3.8) is 0 Å². The Balaban J connectivity index is 1.52. The Bertz CT molecular complexity index is 1510. The van der Waals surface area contributed by atoms with Crippen LogP contribution < -0.4 is 10.0 Å². The number of nitrogens with zero attached hydrogens (tertiary/aromatic N) is 1. The van der Waals surface area contributed by atoms with Gasteiger partial charge in [-0.05, 0) is 49.0 Å². The number of hydrogen-bond acceptors (Lipinski definition) is 7. The van der Waals surface area contributed by atoms with E-state index >= 15 is 0 Å². The molecule has 4 rings (SSSR count). The van der Waals surface area contributed by atoms with Gasteiger partial charge in [0.2, 0.25) is 19.9 Å². The predicted molar refractivity (Wildman–Crippen MR) is 120 cm³/mol. The first-order valence-corrected chi connectivity index (χ1v) is 12.7. The third kappa shape index (κ3) is 4.51. The molecule has 2 aromatic heterocycles. The number of hydrogen-bond donors (Lipinski definition) is 2. The zero-order valence-corrected chi connectivity index (χ0v) is 19.0. The van der Waals surface area contributed by atoms with Crippen molar-refractivity contribution < 1.29 is 26.0 Å². The molecule has 4 aromatic rings. The Labute approximate surface area is 190 Å². The lowest BCUT2D eigenvalue weighted by atomic mass is 10.2. The number of benzene rings is 2. The minimum absolute atomic E-state index is 0.0684. The van der Waals surface area contributed by atoms with Crippen molar-refractivity contribution in [3.05, 3.63) is 84.4 Å². The zero-order chi connectivity index (χ0) is 23.6. The summed E-state index contributed by atoms with van der Waals surface area (Å²) in [7, 11) is -6.86. The molecular weight excluding hydrogens is 466 g/mol. The van der Waals surface area contributed by atoms with E-state index in [1.165, 1.54) is 49.6 Å². The van der Waals surface area contributed by atoms with Crippen LogP contribution in [0.5, 0.6) is 0 Å². The van der Waals surface area contributed by atoms with E-state index in [0.29, 0.717) is 11.1 Å². The summed E-state index contributed by atoms with van der Waals surface area (Å²) in [6, 6.07) is 14.6. The lowest BCUT2D eigenvalue weighted by Gasteiger charge is -2.11. The number of rotatable bonds is 7. The van der Waals surface area contributed by atoms with E-state index in [1.807, 2.05) is 0 Å². The van der Waals surface area contributed by atoms with Gasteiger partial charge in [-0.25, -0.2) is 21.6 Å². The maximum atomic E-state index is 13.1. The van der Waals surface area contributed by atoms with Crippen LogP contribution in [-0.2, 0) is 26.4 Å². The highest BCUT2D eigenvalue weighted by Gasteiger charge is 2.26. The Kier molecular flexibility index (Phi) is 6.02. The molecule has 0 saturated heterocycles. The number of sulfone groups is 1. The van der Waals surface area contributed by atoms with Crippen LogP contribution in [0.25, 0.3) is 11.0 Å². The summed E-state index contributed by atoms with van der Waals surface area (Å²) < 4.78 is 58.3. The molecule has 0 fully saturated rings. The maximum absolute atomic E-state index is 13.1. The van der Waals surface area contributed by atoms with Crippen molar-refractivity contribution in [3.8, 4) is 0 Å². The van der Waals surface area contributed by atoms with Gasteiger partial charge >= 0.3 is 0 Å². The summed E-state index contributed by atoms with van der Waals surface area (Å²) in [4.78, 5) is 15.6. The average Bonchev–Trinajstić information content (AvgIpc) is 3.27. The summed E-state index contributed by atoms with van der Waals surface area (Å²) in [6.07, 6.45) is 3.12. The largest absolute Gasteiger partial charge is 0.449 e. The molecule has 170 valence electrons. The lowest BCUT2D eigenvalue weighted by molar-refractivity contribution is 0.0925. The summed E-state index contributed by atoms with van der Waals surface area (Å²) >= 11 is 0. The minimum Gasteiger partial charge on any atom is -0.449 e. The number of sulfonamides is 1. The summed E-state index contributed by atoms with van der Waals surface area (Å²) in [6.45, 7) is 0.138. The fourth-order valence-corrected chi connectivity index (χ4v) is 5.99. The molecule has 1 amide bonds. The molecular formula is C22H19N3O6S2. The number of nitrogens with one attached hydrogen (secondary N) is 2. The second-order valence-corrected chi connectivity index (χ2v) is 10.8. The van der Waals surface area contributed by atoms with Crippen LogP contribution >= 0.6 is 0 Å². The van der Waals surface area contributed by atoms with Crippen molar-refractivity contribution in [2.24, 2.45) is 0 Å². The molecule has 33 heavy (non-hydrogen) atoms. The van der Waals surface area contributed by atoms with Crippen molar-refractivity contribution in [1.29, 1.82) is 0 Å². The summed E-state index contributed by atoms with van der Waals surface area (Å²) in [5.74, 6) is -0.284. The van der Waals surface area contributed by atoms with Gasteiger partial charge in [-0.15, -0.1) is 0 Å². The normalized spacial score (nSPS) is 12.0. The number of pyridine rings is 1. The monoisotopic (exact) mass is 485 g/mol. The van der Waals surface area contributed by atoms with E-state index in [9.17, 15) is 21.6 Å². The van der Waals surface area contributed by atoms with Gasteiger partial charge in [0.05, 0.1) is 16.0 Å². The highest BCUT2D eigenvalue weighted by molar-refractivity contribution is 7.93. The maximum Gasteiger partial charge on any atom is 0.287 e. The van der Waals surface area contributed by atoms with E-state index in [0.717, 1.165) is 5.39 Å². The summed E-state index contributed by atoms with van der Waals surface area (Å²) in [5.41, 5.74) is 1.15. The van der Waals surface area contributed by atoms with Crippen molar-refractivity contribution in [2.75, 3.05) is 7.05 Å². The fraction of sp³-hybridized carbons (Fsp3) is 0.0909. The molecule has 0 radical (unpaired) electrons. The van der Waals surface area contributed by atoms with Crippen LogP contribution in [0.15, 0.2) is 92.2 Å². The molecule has 0 spiro atoms. The average molecular weight is 486 g/mol. The minimum atomic E-state index is -4.10. The van der Waals surface area contributed by atoms with Crippen LogP contribution in [0.4, 0.5) is 0 Å². The smallest absolute Gasteiger partial charge is 0.287 e. The Morgan fingerprint density at radius 1 is 0.970 bits per heavy atom. The fourth-order valence-electron chi connectivity index (χ4n) is 3.18. The predicted octanol–water partition coefficient (Wildman–Crippen LogP) is 2.50. The molecule has 0 aliphatic heterocycles. The van der Waals surface area contributed by atoms with E-state index in [-0.39, 0.29) is 27.0 Å². The second-order valence-electron chi connectivity index (χ2n) is 7.01. The molecule has 9 nitrogen and oxygen atoms in total. The third-order valence-corrected chi connectivity index (χ3v) is 8.36. The molecule has 0 atom stereocenters. The van der Waals surface area contributed by atoms with Crippen LogP contribution in [0.2, 0.25) is 0 Å². The number of furan rings is 1. The third-order valence-electron chi connectivity index (χ3n) is 4.93. The van der Waals surface area contributed by atoms with Crippen LogP contribution in [0, 0.1) is 0 Å². The van der Waals surface area contributed by atoms with Crippen molar-refractivity contribution >= 4 is 36.7 Å². The van der Waals surface area contributed by atoms with Crippen LogP contribution in [0.3, 0.4) is 0 Å². The van der Waals surface area contributed by atoms with Gasteiger partial charge < -0.3 is 9.73 Å². The first-order chi connectivity index (χ1) is 15.7. The number of fused-ring (bicyclic) bond motifs is 1. The van der Waals surface area contributed by atoms with E-state index in [4.69, 9.17) is 4.42 Å². The van der Waals surface area contributed by atoms with E-state index < -0.39 is 25.8 Å². The number of carbonyl (C=O) groups excluding carboxylic acids is 1. The Morgan fingerprint density at radius 3 is 2.33 bits per heavy atom. The number of amides is 1. The van der Waals surface area contributed by atoms with E-state index in [2.05, 4.69) is 15.0 Å². The molecule has 2 aromatic carbocycles. The lowest BCUT2D eigenvalue weighted by Crippen LogP contribution is -2.22. The zero-order valence-electron chi connectivity index (χ0n) is 17.3. The topological polar surface area (TPSA) is 135 Å². The molecule has 11 heteroatoms.